The largest absolute Gasteiger partial charge is 0.480 e. The van der Waals surface area contributed by atoms with Crippen LogP contribution in [0.4, 0.5) is 0 Å². The Hall–Kier alpha value is -4.65. The maximum absolute atomic E-state index is 14.0. The first kappa shape index (κ1) is 63.6. The molecule has 3 rings (SSSR count). The highest BCUT2D eigenvalue weighted by molar-refractivity contribution is 6.30. The van der Waals surface area contributed by atoms with Crippen molar-refractivity contribution in [1.29, 1.82) is 0 Å². The summed E-state index contributed by atoms with van der Waals surface area (Å²) in [5.74, 6) is -6.66. The Labute approximate surface area is 454 Å². The monoisotopic (exact) mass is 1090 g/mol. The van der Waals surface area contributed by atoms with Crippen LogP contribution in [0.3, 0.4) is 0 Å². The van der Waals surface area contributed by atoms with Crippen LogP contribution in [0.5, 0.6) is 0 Å². The molecule has 3 N–H and O–H groups in total. The van der Waals surface area contributed by atoms with E-state index >= 15 is 0 Å². The highest BCUT2D eigenvalue weighted by atomic mass is 35.5. The first-order valence-electron chi connectivity index (χ1n) is 25.8. The van der Waals surface area contributed by atoms with E-state index in [2.05, 4.69) is 50.2 Å². The molecule has 0 bridgehead atoms. The van der Waals surface area contributed by atoms with Crippen LogP contribution in [0.15, 0.2) is 72.8 Å². The van der Waals surface area contributed by atoms with Gasteiger partial charge in [0.15, 0.2) is 0 Å². The quantitative estimate of drug-likeness (QED) is 0.0339. The molecule has 410 valence electrons. The lowest BCUT2D eigenvalue weighted by Gasteiger charge is -2.30. The lowest BCUT2D eigenvalue weighted by atomic mass is 9.77. The lowest BCUT2D eigenvalue weighted by molar-refractivity contribution is -0.162. The third-order valence-electron chi connectivity index (χ3n) is 12.6. The van der Waals surface area contributed by atoms with E-state index in [0.717, 1.165) is 41.5 Å². The second-order valence-electron chi connectivity index (χ2n) is 23.2. The summed E-state index contributed by atoms with van der Waals surface area (Å²) in [7, 11) is 0. The van der Waals surface area contributed by atoms with E-state index in [0.29, 0.717) is 38.0 Å². The highest BCUT2D eigenvalue weighted by Gasteiger charge is 2.35. The SMILES string of the molecule is CC(C)Cc1ccc(CCC(CC(CC(CC(Cl)C(=O)O)C(=O)OC(C)(C)C)c2ccc(CCC(CC(Cl)C(=O)O)OC(=O)C(C)(C)C)cc2)c2ccc(CCC(CC(Cl)C(=O)O)C(=O)OC(C)(C)C)cc2)cc1. The first-order chi connectivity index (χ1) is 34.3. The summed E-state index contributed by atoms with van der Waals surface area (Å²) in [6.07, 6.45) is 3.70. The topological polar surface area (TPSA) is 191 Å². The van der Waals surface area contributed by atoms with Crippen LogP contribution in [0.1, 0.15) is 173 Å². The standard InChI is InChI=1S/C59H81Cl3O12/c1-36(2)30-40-14-12-37(13-15-40)20-27-43(41-23-16-38(17-24-41)21-28-44(33-48(60)51(63)64)54(69)73-58(6,7)8)31-45(32-46(34-49(61)52(65)66)55(70)74-59(9,10)11)42-25-18-39(19-26-42)22-29-47(35-50(62)53(67)68)72-56(71)57(3,4)5/h12-19,23-26,36,43-50H,20-22,27-35H2,1-11H3,(H,63,64)(H,65,66)(H,67,68). The second-order valence-corrected chi connectivity index (χ2v) is 24.8. The molecule has 0 saturated heterocycles. The number of carboxylic acids is 3. The van der Waals surface area contributed by atoms with Crippen LogP contribution in [0.25, 0.3) is 0 Å². The van der Waals surface area contributed by atoms with E-state index in [1.807, 2.05) is 36.4 Å². The smallest absolute Gasteiger partial charge is 0.321 e. The fourth-order valence-electron chi connectivity index (χ4n) is 8.69. The summed E-state index contributed by atoms with van der Waals surface area (Å²) >= 11 is 18.7. The van der Waals surface area contributed by atoms with Gasteiger partial charge in [-0.2, -0.15) is 0 Å². The molecule has 3 aromatic rings. The molecular formula is C59H81Cl3O12. The normalized spacial score (nSPS) is 15.4. The summed E-state index contributed by atoms with van der Waals surface area (Å²) in [4.78, 5) is 75.8. The van der Waals surface area contributed by atoms with E-state index in [9.17, 15) is 44.1 Å². The summed E-state index contributed by atoms with van der Waals surface area (Å²) < 4.78 is 17.3. The predicted molar refractivity (Wildman–Crippen MR) is 291 cm³/mol. The van der Waals surface area contributed by atoms with Crippen LogP contribution in [-0.4, -0.2) is 84.6 Å². The molecule has 0 saturated carbocycles. The molecule has 12 nitrogen and oxygen atoms in total. The molecular weight excluding hydrogens is 1010 g/mol. The van der Waals surface area contributed by atoms with Gasteiger partial charge >= 0.3 is 35.8 Å². The van der Waals surface area contributed by atoms with Gasteiger partial charge in [0.05, 0.1) is 17.3 Å². The molecule has 0 spiro atoms. The maximum atomic E-state index is 14.0. The molecule has 0 amide bonds. The summed E-state index contributed by atoms with van der Waals surface area (Å²) in [5, 5.41) is 25.2. The number of hydrogen-bond donors (Lipinski definition) is 3. The summed E-state index contributed by atoms with van der Waals surface area (Å²) in [5.41, 5.74) is 3.76. The van der Waals surface area contributed by atoms with Crippen molar-refractivity contribution < 1.29 is 58.3 Å². The van der Waals surface area contributed by atoms with E-state index in [1.54, 1.807) is 62.3 Å². The van der Waals surface area contributed by atoms with E-state index in [-0.39, 0.29) is 37.5 Å². The van der Waals surface area contributed by atoms with Crippen LogP contribution in [0.2, 0.25) is 0 Å². The van der Waals surface area contributed by atoms with Crippen LogP contribution >= 0.6 is 34.8 Å². The number of carbonyl (C=O) groups is 6. The maximum Gasteiger partial charge on any atom is 0.321 e. The Morgan fingerprint density at radius 3 is 1.28 bits per heavy atom. The first-order valence-corrected chi connectivity index (χ1v) is 27.1. The zero-order valence-corrected chi connectivity index (χ0v) is 47.5. The minimum absolute atomic E-state index is 0.0683. The molecule has 0 aliphatic heterocycles. The predicted octanol–water partition coefficient (Wildman–Crippen LogP) is 13.2. The Morgan fingerprint density at radius 2 is 0.851 bits per heavy atom. The van der Waals surface area contributed by atoms with Crippen LogP contribution in [-0.2, 0) is 68.7 Å². The van der Waals surface area contributed by atoms with Gasteiger partial charge in [-0.25, -0.2) is 0 Å². The molecule has 3 aromatic carbocycles. The zero-order chi connectivity index (χ0) is 55.7. The van der Waals surface area contributed by atoms with E-state index in [4.69, 9.17) is 49.0 Å². The Kier molecular flexibility index (Phi) is 25.0. The molecule has 74 heavy (non-hydrogen) atoms. The van der Waals surface area contributed by atoms with Crippen LogP contribution < -0.4 is 0 Å². The molecule has 0 heterocycles. The summed E-state index contributed by atoms with van der Waals surface area (Å²) in [6.45, 7) is 20.1. The summed E-state index contributed by atoms with van der Waals surface area (Å²) in [6, 6.07) is 24.7. The number of carboxylic acid groups (broad SMARTS) is 3. The molecule has 0 fully saturated rings. The third-order valence-corrected chi connectivity index (χ3v) is 13.7. The average molecular weight is 1090 g/mol. The minimum atomic E-state index is -1.35. The molecule has 0 radical (unpaired) electrons. The van der Waals surface area contributed by atoms with Crippen molar-refractivity contribution in [2.45, 2.75) is 198 Å². The fourth-order valence-corrected chi connectivity index (χ4v) is 9.32. The van der Waals surface area contributed by atoms with Gasteiger partial charge in [0.1, 0.15) is 33.4 Å². The highest BCUT2D eigenvalue weighted by Crippen LogP contribution is 2.40. The zero-order valence-electron chi connectivity index (χ0n) is 45.3. The number of aryl methyl sites for hydroxylation is 3. The van der Waals surface area contributed by atoms with Gasteiger partial charge in [-0.15, -0.1) is 34.8 Å². The number of alkyl halides is 3. The minimum Gasteiger partial charge on any atom is -0.480 e. The van der Waals surface area contributed by atoms with Gasteiger partial charge in [-0.3, -0.25) is 28.8 Å². The average Bonchev–Trinajstić information content (AvgIpc) is 3.29. The van der Waals surface area contributed by atoms with E-state index in [1.165, 1.54) is 11.1 Å². The number of rotatable bonds is 29. The van der Waals surface area contributed by atoms with Gasteiger partial charge in [0.25, 0.3) is 0 Å². The fraction of sp³-hybridized carbons (Fsp3) is 0.593. The molecule has 8 atom stereocenters. The Balaban J connectivity index is 2.11. The van der Waals surface area contributed by atoms with Crippen molar-refractivity contribution in [1.82, 2.24) is 0 Å². The number of benzene rings is 3. The van der Waals surface area contributed by atoms with Gasteiger partial charge < -0.3 is 29.5 Å². The van der Waals surface area contributed by atoms with Crippen molar-refractivity contribution in [3.8, 4) is 0 Å². The Bertz CT molecular complexity index is 2270. The van der Waals surface area contributed by atoms with Gasteiger partial charge in [-0.05, 0) is 184 Å². The van der Waals surface area contributed by atoms with Crippen molar-refractivity contribution in [2.75, 3.05) is 0 Å². The van der Waals surface area contributed by atoms with Crippen LogP contribution in [0, 0.1) is 23.2 Å². The Morgan fingerprint density at radius 1 is 0.473 bits per heavy atom. The van der Waals surface area contributed by atoms with Crippen molar-refractivity contribution in [3.05, 3.63) is 106 Å². The number of hydrogen-bond acceptors (Lipinski definition) is 9. The number of halogens is 3. The molecule has 8 unspecified atom stereocenters. The van der Waals surface area contributed by atoms with E-state index < -0.39 is 86.5 Å². The molecule has 15 heteroatoms. The van der Waals surface area contributed by atoms with Crippen molar-refractivity contribution >= 4 is 70.6 Å². The third kappa shape index (κ3) is 23.5. The van der Waals surface area contributed by atoms with Gasteiger partial charge in [-0.1, -0.05) is 86.6 Å². The number of carbonyl (C=O) groups excluding carboxylic acids is 3. The van der Waals surface area contributed by atoms with Gasteiger partial charge in [0, 0.05) is 6.42 Å². The molecule has 0 aliphatic carbocycles. The number of esters is 3. The number of ether oxygens (including phenoxy) is 3. The lowest BCUT2D eigenvalue weighted by Crippen LogP contribution is -2.32. The second kappa shape index (κ2) is 29.0. The van der Waals surface area contributed by atoms with Crippen molar-refractivity contribution in [2.24, 2.45) is 23.2 Å². The molecule has 0 aromatic heterocycles. The molecule has 0 aliphatic rings. The van der Waals surface area contributed by atoms with Crippen molar-refractivity contribution in [3.63, 3.8) is 0 Å². The number of aliphatic carboxylic acids is 3. The van der Waals surface area contributed by atoms with Gasteiger partial charge in [0.2, 0.25) is 0 Å².